The number of aromatic nitrogens is 1. The fraction of sp³-hybridized carbons (Fsp3) is 0.375. The highest BCUT2D eigenvalue weighted by molar-refractivity contribution is 7.89. The summed E-state index contributed by atoms with van der Waals surface area (Å²) in [5.41, 5.74) is 0. The number of hydrogen-bond donors (Lipinski definition) is 1. The molecular weight excluding hydrogens is 307 g/mol. The molecule has 0 bridgehead atoms. The second kappa shape index (κ2) is 6.10. The third-order valence-electron chi connectivity index (χ3n) is 1.76. The molecule has 17 heavy (non-hydrogen) atoms. The normalized spacial score (nSPS) is 13.6. The quantitative estimate of drug-likeness (QED) is 0.824. The number of hydrogen-bond acceptors (Lipinski definition) is 4. The van der Waals surface area contributed by atoms with Gasteiger partial charge in [-0.3, -0.25) is 4.21 Å². The molecule has 1 atom stereocenters. The van der Waals surface area contributed by atoms with Crippen LogP contribution in [0.15, 0.2) is 17.2 Å². The summed E-state index contributed by atoms with van der Waals surface area (Å²) >= 11 is 11.2. The number of rotatable bonds is 5. The molecule has 0 aliphatic heterocycles. The first-order valence-corrected chi connectivity index (χ1v) is 8.40. The Bertz CT molecular complexity index is 534. The number of sulfonamides is 1. The van der Waals surface area contributed by atoms with Crippen LogP contribution < -0.4 is 4.72 Å². The average molecular weight is 317 g/mol. The van der Waals surface area contributed by atoms with E-state index in [1.165, 1.54) is 12.3 Å². The molecule has 96 valence electrons. The Labute approximate surface area is 112 Å². The molecule has 0 fully saturated rings. The lowest BCUT2D eigenvalue weighted by molar-refractivity contribution is 0.583. The van der Waals surface area contributed by atoms with Crippen molar-refractivity contribution in [1.82, 2.24) is 9.71 Å². The topological polar surface area (TPSA) is 76.1 Å². The van der Waals surface area contributed by atoms with E-state index < -0.39 is 20.8 Å². The second-order valence-electron chi connectivity index (χ2n) is 3.12. The van der Waals surface area contributed by atoms with Gasteiger partial charge in [0.05, 0.1) is 5.02 Å². The van der Waals surface area contributed by atoms with Crippen molar-refractivity contribution in [1.29, 1.82) is 0 Å². The van der Waals surface area contributed by atoms with Crippen LogP contribution in [0.3, 0.4) is 0 Å². The van der Waals surface area contributed by atoms with Crippen LogP contribution in [0, 0.1) is 0 Å². The van der Waals surface area contributed by atoms with Crippen molar-refractivity contribution in [2.45, 2.75) is 4.90 Å². The van der Waals surface area contributed by atoms with Gasteiger partial charge in [0, 0.05) is 35.5 Å². The summed E-state index contributed by atoms with van der Waals surface area (Å²) in [6, 6.07) is 1.21. The standard InChI is InChI=1S/C8H10Cl2N2O3S2/c1-16(13)3-2-12-17(14,15)6-4-7(9)8(10)11-5-6/h4-5,12H,2-3H2,1H3. The highest BCUT2D eigenvalue weighted by Crippen LogP contribution is 2.21. The highest BCUT2D eigenvalue weighted by atomic mass is 35.5. The Morgan fingerprint density at radius 1 is 1.47 bits per heavy atom. The molecule has 0 spiro atoms. The van der Waals surface area contributed by atoms with E-state index in [1.807, 2.05) is 0 Å². The number of halogens is 2. The molecule has 0 saturated carbocycles. The van der Waals surface area contributed by atoms with E-state index in [1.54, 1.807) is 0 Å². The molecule has 0 radical (unpaired) electrons. The lowest BCUT2D eigenvalue weighted by Gasteiger charge is -2.06. The van der Waals surface area contributed by atoms with E-state index >= 15 is 0 Å². The van der Waals surface area contributed by atoms with Crippen molar-refractivity contribution < 1.29 is 12.6 Å². The summed E-state index contributed by atoms with van der Waals surface area (Å²) in [7, 11) is -4.74. The Morgan fingerprint density at radius 2 is 2.12 bits per heavy atom. The molecule has 1 N–H and O–H groups in total. The van der Waals surface area contributed by atoms with E-state index in [0.29, 0.717) is 0 Å². The van der Waals surface area contributed by atoms with Gasteiger partial charge in [-0.15, -0.1) is 0 Å². The van der Waals surface area contributed by atoms with E-state index in [4.69, 9.17) is 23.2 Å². The second-order valence-corrected chi connectivity index (χ2v) is 7.21. The summed E-state index contributed by atoms with van der Waals surface area (Å²) in [4.78, 5) is 3.57. The third kappa shape index (κ3) is 4.51. The maximum absolute atomic E-state index is 11.7. The smallest absolute Gasteiger partial charge is 0.242 e. The first-order valence-electron chi connectivity index (χ1n) is 4.43. The predicted octanol–water partition coefficient (Wildman–Crippen LogP) is 1.05. The number of pyridine rings is 1. The zero-order chi connectivity index (χ0) is 13.1. The molecule has 0 saturated heterocycles. The molecule has 9 heteroatoms. The molecule has 1 aromatic heterocycles. The Balaban J connectivity index is 2.82. The van der Waals surface area contributed by atoms with Crippen LogP contribution in [0.4, 0.5) is 0 Å². The fourth-order valence-electron chi connectivity index (χ4n) is 0.954. The van der Waals surface area contributed by atoms with Gasteiger partial charge in [0.15, 0.2) is 0 Å². The Hall–Kier alpha value is -0.210. The van der Waals surface area contributed by atoms with Gasteiger partial charge in [-0.05, 0) is 6.07 Å². The van der Waals surface area contributed by atoms with Crippen molar-refractivity contribution in [3.05, 3.63) is 22.4 Å². The van der Waals surface area contributed by atoms with Gasteiger partial charge in [-0.25, -0.2) is 18.1 Å². The average Bonchev–Trinajstić information content (AvgIpc) is 2.21. The minimum atomic E-state index is -3.69. The molecular formula is C8H10Cl2N2O3S2. The van der Waals surface area contributed by atoms with Crippen LogP contribution in [-0.4, -0.2) is 36.2 Å². The third-order valence-corrected chi connectivity index (χ3v) is 4.66. The maximum Gasteiger partial charge on any atom is 0.242 e. The summed E-state index contributed by atoms with van der Waals surface area (Å²) in [6.07, 6.45) is 2.61. The largest absolute Gasteiger partial charge is 0.260 e. The molecule has 1 heterocycles. The van der Waals surface area contributed by atoms with E-state index in [-0.39, 0.29) is 27.4 Å². The van der Waals surface area contributed by atoms with Crippen molar-refractivity contribution in [3.63, 3.8) is 0 Å². The molecule has 5 nitrogen and oxygen atoms in total. The van der Waals surface area contributed by atoms with Gasteiger partial charge in [0.1, 0.15) is 10.0 Å². The van der Waals surface area contributed by atoms with Gasteiger partial charge in [-0.2, -0.15) is 0 Å². The first-order chi connectivity index (χ1) is 7.83. The monoisotopic (exact) mass is 316 g/mol. The Morgan fingerprint density at radius 3 is 2.65 bits per heavy atom. The minimum Gasteiger partial charge on any atom is -0.260 e. The zero-order valence-electron chi connectivity index (χ0n) is 8.81. The van der Waals surface area contributed by atoms with Crippen molar-refractivity contribution in [3.8, 4) is 0 Å². The van der Waals surface area contributed by atoms with Gasteiger partial charge in [0.2, 0.25) is 10.0 Å². The van der Waals surface area contributed by atoms with Crippen molar-refractivity contribution in [2.24, 2.45) is 0 Å². The van der Waals surface area contributed by atoms with Gasteiger partial charge in [0.25, 0.3) is 0 Å². The van der Waals surface area contributed by atoms with Crippen LogP contribution >= 0.6 is 23.2 Å². The molecule has 0 aromatic carbocycles. The van der Waals surface area contributed by atoms with Crippen LogP contribution in [0.1, 0.15) is 0 Å². The van der Waals surface area contributed by atoms with Crippen molar-refractivity contribution in [2.75, 3.05) is 18.6 Å². The van der Waals surface area contributed by atoms with Crippen molar-refractivity contribution >= 4 is 44.0 Å². The lowest BCUT2D eigenvalue weighted by atomic mass is 10.5. The first kappa shape index (κ1) is 14.8. The Kier molecular flexibility index (Phi) is 5.33. The highest BCUT2D eigenvalue weighted by Gasteiger charge is 2.15. The van der Waals surface area contributed by atoms with Crippen LogP contribution in [-0.2, 0) is 20.8 Å². The summed E-state index contributed by atoms with van der Waals surface area (Å²) in [5.74, 6) is 0.244. The molecule has 1 aromatic rings. The lowest BCUT2D eigenvalue weighted by Crippen LogP contribution is -2.27. The SMILES string of the molecule is CS(=O)CCNS(=O)(=O)c1cnc(Cl)c(Cl)c1. The summed E-state index contributed by atoms with van der Waals surface area (Å²) < 4.78 is 36.5. The molecule has 0 aliphatic rings. The van der Waals surface area contributed by atoms with Gasteiger partial charge < -0.3 is 0 Å². The number of nitrogens with one attached hydrogen (secondary N) is 1. The maximum atomic E-state index is 11.7. The van der Waals surface area contributed by atoms with Gasteiger partial charge in [-0.1, -0.05) is 23.2 Å². The fourth-order valence-corrected chi connectivity index (χ4v) is 2.81. The summed E-state index contributed by atoms with van der Waals surface area (Å²) in [6.45, 7) is 0.0890. The van der Waals surface area contributed by atoms with Crippen LogP contribution in [0.5, 0.6) is 0 Å². The molecule has 0 aliphatic carbocycles. The molecule has 1 unspecified atom stereocenters. The van der Waals surface area contributed by atoms with Crippen LogP contribution in [0.25, 0.3) is 0 Å². The minimum absolute atomic E-state index is 0.0419. The van der Waals surface area contributed by atoms with E-state index in [2.05, 4.69) is 9.71 Å². The zero-order valence-corrected chi connectivity index (χ0v) is 12.0. The molecule has 0 amide bonds. The number of nitrogens with zero attached hydrogens (tertiary/aromatic N) is 1. The summed E-state index contributed by atoms with van der Waals surface area (Å²) in [5, 5.41) is 0.105. The van der Waals surface area contributed by atoms with Crippen LogP contribution in [0.2, 0.25) is 10.2 Å². The molecule has 1 rings (SSSR count). The van der Waals surface area contributed by atoms with E-state index in [0.717, 1.165) is 6.20 Å². The predicted molar refractivity (Wildman–Crippen MR) is 68.4 cm³/mol. The van der Waals surface area contributed by atoms with E-state index in [9.17, 15) is 12.6 Å². The van der Waals surface area contributed by atoms with Gasteiger partial charge >= 0.3 is 0 Å².